The SMILES string of the molecule is Cc1nn(C)c(C)c1C(=O)Nc1cc(-c2ccc(Cl)s2)[nH]n1. The van der Waals surface area contributed by atoms with E-state index in [0.717, 1.165) is 16.3 Å². The van der Waals surface area contributed by atoms with Crippen LogP contribution in [0.1, 0.15) is 21.7 Å². The summed E-state index contributed by atoms with van der Waals surface area (Å²) in [5.74, 6) is 0.248. The maximum Gasteiger partial charge on any atom is 0.260 e. The van der Waals surface area contributed by atoms with Crippen LogP contribution in [-0.4, -0.2) is 25.9 Å². The lowest BCUT2D eigenvalue weighted by molar-refractivity contribution is 0.102. The van der Waals surface area contributed by atoms with Gasteiger partial charge in [-0.05, 0) is 26.0 Å². The van der Waals surface area contributed by atoms with Gasteiger partial charge in [0.1, 0.15) is 0 Å². The van der Waals surface area contributed by atoms with Gasteiger partial charge in [0, 0.05) is 18.8 Å². The van der Waals surface area contributed by atoms with E-state index in [1.165, 1.54) is 11.3 Å². The number of hydrogen-bond acceptors (Lipinski definition) is 4. The van der Waals surface area contributed by atoms with E-state index >= 15 is 0 Å². The standard InChI is InChI=1S/C14H14ClN5OS/c1-7-13(8(2)20(3)19-7)14(21)16-12-6-9(17-18-12)10-4-5-11(15)22-10/h4-6H,1-3H3,(H2,16,17,18,21). The normalized spacial score (nSPS) is 10.9. The Bertz CT molecular complexity index is 847. The van der Waals surface area contributed by atoms with Gasteiger partial charge in [-0.25, -0.2) is 0 Å². The molecule has 8 heteroatoms. The number of aryl methyl sites for hydroxylation is 2. The van der Waals surface area contributed by atoms with Crippen LogP contribution in [0.3, 0.4) is 0 Å². The van der Waals surface area contributed by atoms with Crippen molar-refractivity contribution in [2.24, 2.45) is 7.05 Å². The fourth-order valence-electron chi connectivity index (χ4n) is 2.25. The second kappa shape index (κ2) is 5.58. The van der Waals surface area contributed by atoms with Crippen LogP contribution in [0, 0.1) is 13.8 Å². The summed E-state index contributed by atoms with van der Waals surface area (Å²) in [5.41, 5.74) is 2.90. The molecule has 3 aromatic rings. The van der Waals surface area contributed by atoms with Crippen molar-refractivity contribution >= 4 is 34.7 Å². The van der Waals surface area contributed by atoms with Crippen molar-refractivity contribution in [3.8, 4) is 10.6 Å². The predicted molar refractivity (Wildman–Crippen MR) is 87.5 cm³/mol. The van der Waals surface area contributed by atoms with Gasteiger partial charge in [-0.15, -0.1) is 11.3 Å². The molecule has 0 atom stereocenters. The topological polar surface area (TPSA) is 75.6 Å². The molecule has 0 saturated heterocycles. The number of H-pyrrole nitrogens is 1. The van der Waals surface area contributed by atoms with Crippen LogP contribution in [0.25, 0.3) is 10.6 Å². The van der Waals surface area contributed by atoms with Gasteiger partial charge in [0.2, 0.25) is 0 Å². The van der Waals surface area contributed by atoms with Crippen molar-refractivity contribution in [2.45, 2.75) is 13.8 Å². The van der Waals surface area contributed by atoms with Gasteiger partial charge in [-0.2, -0.15) is 10.2 Å². The molecule has 0 bridgehead atoms. The van der Waals surface area contributed by atoms with Crippen LogP contribution in [0.5, 0.6) is 0 Å². The van der Waals surface area contributed by atoms with E-state index in [9.17, 15) is 4.79 Å². The fraction of sp³-hybridized carbons (Fsp3) is 0.214. The van der Waals surface area contributed by atoms with Crippen LogP contribution >= 0.6 is 22.9 Å². The molecule has 0 spiro atoms. The third kappa shape index (κ3) is 2.65. The van der Waals surface area contributed by atoms with Crippen molar-refractivity contribution in [1.29, 1.82) is 0 Å². The van der Waals surface area contributed by atoms with Crippen LogP contribution < -0.4 is 5.32 Å². The van der Waals surface area contributed by atoms with Gasteiger partial charge in [0.05, 0.1) is 26.2 Å². The number of rotatable bonds is 3. The van der Waals surface area contributed by atoms with Crippen LogP contribution in [0.15, 0.2) is 18.2 Å². The van der Waals surface area contributed by atoms with Gasteiger partial charge < -0.3 is 5.32 Å². The van der Waals surface area contributed by atoms with Crippen LogP contribution in [-0.2, 0) is 7.05 Å². The Morgan fingerprint density at radius 3 is 2.77 bits per heavy atom. The highest BCUT2D eigenvalue weighted by molar-refractivity contribution is 7.19. The average Bonchev–Trinajstić information content (AvgIpc) is 3.12. The highest BCUT2D eigenvalue weighted by Gasteiger charge is 2.18. The monoisotopic (exact) mass is 335 g/mol. The zero-order chi connectivity index (χ0) is 15.9. The number of thiophene rings is 1. The van der Waals surface area contributed by atoms with Crippen molar-refractivity contribution in [1.82, 2.24) is 20.0 Å². The average molecular weight is 336 g/mol. The minimum absolute atomic E-state index is 0.217. The van der Waals surface area contributed by atoms with Crippen LogP contribution in [0.4, 0.5) is 5.82 Å². The summed E-state index contributed by atoms with van der Waals surface area (Å²) in [6, 6.07) is 5.51. The molecule has 6 nitrogen and oxygen atoms in total. The Balaban J connectivity index is 1.82. The summed E-state index contributed by atoms with van der Waals surface area (Å²) in [6.45, 7) is 3.67. The number of nitrogens with zero attached hydrogens (tertiary/aromatic N) is 3. The Morgan fingerprint density at radius 2 is 2.18 bits per heavy atom. The summed E-state index contributed by atoms with van der Waals surface area (Å²) in [6.07, 6.45) is 0. The van der Waals surface area contributed by atoms with Gasteiger partial charge >= 0.3 is 0 Å². The number of aromatic amines is 1. The molecule has 0 aliphatic heterocycles. The second-order valence-electron chi connectivity index (χ2n) is 4.89. The van der Waals surface area contributed by atoms with E-state index in [2.05, 4.69) is 20.6 Å². The zero-order valence-electron chi connectivity index (χ0n) is 12.3. The molecule has 22 heavy (non-hydrogen) atoms. The number of nitrogens with one attached hydrogen (secondary N) is 2. The van der Waals surface area contributed by atoms with E-state index in [0.29, 0.717) is 21.4 Å². The number of carbonyl (C=O) groups excluding carboxylic acids is 1. The van der Waals surface area contributed by atoms with Gasteiger partial charge in [0.15, 0.2) is 5.82 Å². The molecule has 3 aromatic heterocycles. The summed E-state index contributed by atoms with van der Waals surface area (Å²) >= 11 is 7.37. The molecule has 0 fully saturated rings. The molecule has 0 unspecified atom stereocenters. The molecule has 3 heterocycles. The minimum atomic E-state index is -0.217. The Morgan fingerprint density at radius 1 is 1.41 bits per heavy atom. The number of carbonyl (C=O) groups is 1. The predicted octanol–water partition coefficient (Wildman–Crippen LogP) is 3.39. The smallest absolute Gasteiger partial charge is 0.260 e. The van der Waals surface area contributed by atoms with Crippen molar-refractivity contribution < 1.29 is 4.79 Å². The van der Waals surface area contributed by atoms with E-state index in [4.69, 9.17) is 11.6 Å². The van der Waals surface area contributed by atoms with Crippen molar-refractivity contribution in [3.63, 3.8) is 0 Å². The number of anilines is 1. The maximum atomic E-state index is 12.4. The molecule has 0 saturated carbocycles. The molecule has 114 valence electrons. The molecule has 1 amide bonds. The number of amides is 1. The first-order chi connectivity index (χ1) is 10.5. The molecular formula is C14H14ClN5OS. The molecular weight excluding hydrogens is 322 g/mol. The van der Waals surface area contributed by atoms with Gasteiger partial charge in [-0.3, -0.25) is 14.6 Å². The number of halogens is 1. The Hall–Kier alpha value is -2.12. The first-order valence-electron chi connectivity index (χ1n) is 6.58. The molecule has 0 aromatic carbocycles. The minimum Gasteiger partial charge on any atom is -0.305 e. The van der Waals surface area contributed by atoms with Gasteiger partial charge in [-0.1, -0.05) is 11.6 Å². The number of aromatic nitrogens is 4. The van der Waals surface area contributed by atoms with E-state index in [-0.39, 0.29) is 5.91 Å². The van der Waals surface area contributed by atoms with E-state index in [1.807, 2.05) is 33.0 Å². The summed E-state index contributed by atoms with van der Waals surface area (Å²) in [5, 5.41) is 14.0. The lowest BCUT2D eigenvalue weighted by Gasteiger charge is -2.01. The van der Waals surface area contributed by atoms with Crippen molar-refractivity contribution in [2.75, 3.05) is 5.32 Å². The molecule has 0 aliphatic rings. The highest BCUT2D eigenvalue weighted by Crippen LogP contribution is 2.30. The molecule has 0 radical (unpaired) electrons. The largest absolute Gasteiger partial charge is 0.305 e. The second-order valence-corrected chi connectivity index (χ2v) is 6.61. The van der Waals surface area contributed by atoms with E-state index < -0.39 is 0 Å². The Labute approximate surface area is 136 Å². The van der Waals surface area contributed by atoms with Crippen molar-refractivity contribution in [3.05, 3.63) is 39.5 Å². The lowest BCUT2D eigenvalue weighted by atomic mass is 10.2. The molecule has 3 rings (SSSR count). The zero-order valence-corrected chi connectivity index (χ0v) is 13.8. The first kappa shape index (κ1) is 14.8. The summed E-state index contributed by atoms with van der Waals surface area (Å²) < 4.78 is 2.39. The molecule has 0 aliphatic carbocycles. The summed E-state index contributed by atoms with van der Waals surface area (Å²) in [7, 11) is 1.81. The Kier molecular flexibility index (Phi) is 3.76. The van der Waals surface area contributed by atoms with Crippen LogP contribution in [0.2, 0.25) is 4.34 Å². The lowest BCUT2D eigenvalue weighted by Crippen LogP contribution is -2.14. The fourth-order valence-corrected chi connectivity index (χ4v) is 3.26. The third-order valence-corrected chi connectivity index (χ3v) is 4.66. The summed E-state index contributed by atoms with van der Waals surface area (Å²) in [4.78, 5) is 13.3. The maximum absolute atomic E-state index is 12.4. The quantitative estimate of drug-likeness (QED) is 0.770. The molecule has 2 N–H and O–H groups in total. The van der Waals surface area contributed by atoms with Gasteiger partial charge in [0.25, 0.3) is 5.91 Å². The third-order valence-electron chi connectivity index (χ3n) is 3.39. The first-order valence-corrected chi connectivity index (χ1v) is 7.78. The van der Waals surface area contributed by atoms with E-state index in [1.54, 1.807) is 10.7 Å². The highest BCUT2D eigenvalue weighted by atomic mass is 35.5. The number of hydrogen-bond donors (Lipinski definition) is 2.